The number of nitrogens with zero attached hydrogens (tertiary/aromatic N) is 7. The summed E-state index contributed by atoms with van der Waals surface area (Å²) in [5.41, 5.74) is 13.4. The minimum absolute atomic E-state index is 0. The van der Waals surface area contributed by atoms with E-state index in [2.05, 4.69) is 182 Å². The fourth-order valence-electron chi connectivity index (χ4n) is 14.4. The van der Waals surface area contributed by atoms with Crippen LogP contribution in [0.25, 0.3) is 4.85 Å². The molecule has 3 aliphatic rings. The summed E-state index contributed by atoms with van der Waals surface area (Å²) in [6.45, 7) is 32.9. The van der Waals surface area contributed by atoms with Crippen LogP contribution in [0.15, 0.2) is 261 Å². The molecular formula is C99H109Cl10I2K2N8NaO16S4. The largest absolute Gasteiger partial charge is 1.00 e. The zero-order chi connectivity index (χ0) is 103. The Balaban J connectivity index is 0.000000854. The Bertz CT molecular complexity index is 6100. The van der Waals surface area contributed by atoms with E-state index in [-0.39, 0.29) is 196 Å². The van der Waals surface area contributed by atoms with Crippen LogP contribution in [0, 0.1) is 25.5 Å². The van der Waals surface area contributed by atoms with Crippen LogP contribution in [-0.2, 0) is 57.7 Å². The molecule has 24 nitrogen and oxygen atoms in total. The van der Waals surface area contributed by atoms with Crippen molar-refractivity contribution in [1.82, 2.24) is 15.1 Å². The van der Waals surface area contributed by atoms with Crippen LogP contribution in [0.5, 0.6) is 0 Å². The van der Waals surface area contributed by atoms with Gasteiger partial charge in [0, 0.05) is 144 Å². The average molecular weight is 2500 g/mol. The van der Waals surface area contributed by atoms with Gasteiger partial charge in [0.1, 0.15) is 0 Å². The molecule has 3 fully saturated rings. The molecule has 3 saturated heterocycles. The van der Waals surface area contributed by atoms with E-state index >= 15 is 0 Å². The van der Waals surface area contributed by atoms with Crippen molar-refractivity contribution in [3.8, 4) is 0 Å². The minimum atomic E-state index is -4.67. The molecule has 0 amide bonds. The second kappa shape index (κ2) is 70.5. The Morgan fingerprint density at radius 2 is 0.725 bits per heavy atom. The molecule has 8 atom stereocenters. The van der Waals surface area contributed by atoms with Gasteiger partial charge in [-0.3, -0.25) is 32.1 Å². The van der Waals surface area contributed by atoms with Crippen molar-refractivity contribution in [2.24, 2.45) is 0 Å². The molecule has 14 rings (SSSR count). The van der Waals surface area contributed by atoms with Crippen molar-refractivity contribution in [1.29, 1.82) is 5.26 Å². The summed E-state index contributed by atoms with van der Waals surface area (Å²) < 4.78 is 105. The monoisotopic (exact) mass is 2500 g/mol. The third-order valence-corrected chi connectivity index (χ3v) is 26.2. The Morgan fingerprint density at radius 3 is 1.01 bits per heavy atom. The van der Waals surface area contributed by atoms with Gasteiger partial charge in [-0.15, -0.1) is 0 Å². The number of aliphatic hydroxyl groups is 1. The first-order valence-electron chi connectivity index (χ1n) is 42.6. The third kappa shape index (κ3) is 53.6. The number of benzene rings is 11. The summed E-state index contributed by atoms with van der Waals surface area (Å²) in [6.07, 6.45) is 3.05. The van der Waals surface area contributed by atoms with Crippen LogP contribution < -0.4 is 158 Å². The van der Waals surface area contributed by atoms with Gasteiger partial charge < -0.3 is 48.5 Å². The second-order valence-corrected chi connectivity index (χ2v) is 45.5. The van der Waals surface area contributed by atoms with Gasteiger partial charge in [0.05, 0.1) is 88.8 Å². The van der Waals surface area contributed by atoms with E-state index in [9.17, 15) is 25.3 Å². The zero-order valence-corrected chi connectivity index (χ0v) is 103. The SMILES string of the molecule is CS(=O)(=O)Cl.C[C@@H](CN1CCN(c2ccc(Cl)cc2Cl)[C@H](c2ccc(Cl)cc2)C1)c1ccc(I)cc1.C[C@@H](CO)c1ccccc1.C[C@@H](COS(C)(=O)=O)c1ccc(I)cc1.C[C@@H](COS(C)(=O)=O)c1ccccc1.Clc1ccc([C@@H]2CNCCN2c2ccc(Cl)cc2Cl)cc1.O=CO[O-].O=S(=O)(O)O.[C-]#N.[C-]#[N+]c1ccc([C@@H](C)CN2CCN(c3ccc(Cl)cc3Cl)[C@H](c3ccc(Cl)cc3)C2)cc1.[H-].[K+].[K+].[Na+]. The van der Waals surface area contributed by atoms with E-state index in [0.717, 1.165) is 138 Å². The number of halogens is 12. The molecule has 0 aromatic heterocycles. The third-order valence-electron chi connectivity index (χ3n) is 21.2. The molecule has 43 heteroatoms. The number of aliphatic hydroxyl groups excluding tert-OH is 1. The fourth-order valence-corrected chi connectivity index (χ4v) is 18.0. The van der Waals surface area contributed by atoms with Crippen molar-refractivity contribution < 1.29 is 205 Å². The van der Waals surface area contributed by atoms with Crippen LogP contribution in [0.1, 0.15) is 128 Å². The number of hydrogen-bond donors (Lipinski definition) is 4. The summed E-state index contributed by atoms with van der Waals surface area (Å²) in [6, 6.07) is 86.3. The van der Waals surface area contributed by atoms with Gasteiger partial charge in [-0.05, 0) is 217 Å². The van der Waals surface area contributed by atoms with Gasteiger partial charge in [0.15, 0.2) is 5.69 Å². The Morgan fingerprint density at radius 1 is 0.451 bits per heavy atom. The summed E-state index contributed by atoms with van der Waals surface area (Å²) in [7, 11) is -10.0. The van der Waals surface area contributed by atoms with Crippen molar-refractivity contribution >= 4 is 229 Å². The molecule has 0 spiro atoms. The Labute approximate surface area is 1020 Å². The predicted molar refractivity (Wildman–Crippen MR) is 583 cm³/mol. The Hall–Kier alpha value is -2.66. The van der Waals surface area contributed by atoms with Crippen molar-refractivity contribution in [2.75, 3.05) is 125 Å². The maximum Gasteiger partial charge on any atom is 1.00 e. The molecule has 142 heavy (non-hydrogen) atoms. The standard InChI is InChI=1S/C26H24Cl3N3.C25H24Cl3IN2.C16H15Cl3N2.C10H13IO3S.C10H14O3S.C9H12O.CH3ClO2S.CN.CH2O3.2K.Na.H2O4S.H/c1-18(19-5-10-23(30-2)11-6-19)16-31-13-14-32(25-12-9-22(28)15-24(25)29)26(17-31)20-3-7-21(27)8-4-20;1-17(18-4-9-22(29)10-5-18)15-30-12-13-31(24-11-8-21(27)14-23(24)28)25(16-30)19-2-6-20(26)7-3-19;17-12-3-1-11(2-4-12)16-10-20-7-8-21(16)15-6-5-13(18)9-14(15)19;1-8(7-14-15(2,12)13)9-3-5-10(11)6-4-9;1-9(8-13-14(2,11)12)10-6-4-3-5-7-10;1-8(7-10)9-5-3-2-4-6-9;1-5(2,3)4;1-2;2-1-4-3;;;;1-5(2,3)4;/h3-12,15,18,26H,13-14,16-17H2,1H3;2-11,14,17,25H,12-13,15-16H2,1H3;1-6,9,16,20H,7-8,10H2;3-6,8H,7H2,1-2H3;3-7,9H,8H2,1-2H3;2-6,8,10H,7H2,1H3;1H3;;1,3H;;;;(H2,1,2,3,4);/q;;;;;;;-1;;3*+1;;-1/p-1/t18-,26-;17-,25-;16-;8-;9-;8-;;;;;;;;/m000000......../s1. The second-order valence-electron chi connectivity index (χ2n) is 31.9. The number of carbonyl (C=O) groups is 1. The van der Waals surface area contributed by atoms with Gasteiger partial charge in [-0.2, -0.15) is 25.3 Å². The van der Waals surface area contributed by atoms with Crippen LogP contribution in [-0.4, -0.2) is 175 Å². The first-order chi connectivity index (χ1) is 65.6. The summed E-state index contributed by atoms with van der Waals surface area (Å²) in [5, 5.41) is 33.1. The maximum absolute atomic E-state index is 10.8. The van der Waals surface area contributed by atoms with E-state index in [1.807, 2.05) is 197 Å². The first kappa shape index (κ1) is 135. The first-order valence-corrected chi connectivity index (χ1v) is 55.9. The van der Waals surface area contributed by atoms with Crippen LogP contribution >= 0.6 is 160 Å². The number of hydrogen-bond acceptors (Lipinski definition) is 21. The van der Waals surface area contributed by atoms with Crippen LogP contribution in [0.2, 0.25) is 45.2 Å². The maximum atomic E-state index is 10.8. The number of nitrogens with one attached hydrogen (secondary N) is 1. The van der Waals surface area contributed by atoms with Gasteiger partial charge in [0.25, 0.3) is 26.7 Å². The van der Waals surface area contributed by atoms with Gasteiger partial charge >= 0.3 is 143 Å². The van der Waals surface area contributed by atoms with Gasteiger partial charge in [-0.1, -0.05) is 285 Å². The van der Waals surface area contributed by atoms with Crippen molar-refractivity contribution in [3.05, 3.63) is 376 Å². The molecule has 3 aliphatic heterocycles. The molecular weight excluding hydrogens is 2390 g/mol. The van der Waals surface area contributed by atoms with Crippen LogP contribution in [0.3, 0.4) is 0 Å². The zero-order valence-electron chi connectivity index (χ0n) is 80.9. The topological polar surface area (TPSA) is 321 Å². The average Bonchev–Trinajstić information content (AvgIpc) is 0.792. The quantitative estimate of drug-likeness (QED) is 0.00532. The number of anilines is 3. The predicted octanol–water partition coefficient (Wildman–Crippen LogP) is 15.7. The minimum Gasteiger partial charge on any atom is -1.00 e. The molecule has 0 radical (unpaired) electrons. The molecule has 11 aromatic rings. The number of rotatable bonds is 23. The number of piperazine rings is 3. The molecule has 0 saturated carbocycles. The van der Waals surface area contributed by atoms with E-state index in [4.69, 9.17) is 164 Å². The molecule has 0 unspecified atom stereocenters. The van der Waals surface area contributed by atoms with Gasteiger partial charge in [-0.25, -0.2) is 13.3 Å². The summed E-state index contributed by atoms with van der Waals surface area (Å²) >= 11 is 60.7. The van der Waals surface area contributed by atoms with Crippen molar-refractivity contribution in [2.45, 2.75) is 82.3 Å². The summed E-state index contributed by atoms with van der Waals surface area (Å²) in [4.78, 5) is 26.9. The van der Waals surface area contributed by atoms with Crippen molar-refractivity contribution in [3.63, 3.8) is 0 Å². The molecule has 752 valence electrons. The fraction of sp³-hybridized carbons (Fsp3) is 0.303. The molecule has 0 aliphatic carbocycles. The normalized spacial score (nSPS) is 15.5. The smallest absolute Gasteiger partial charge is 1.00 e. The van der Waals surface area contributed by atoms with E-state index in [0.29, 0.717) is 47.7 Å². The van der Waals surface area contributed by atoms with E-state index < -0.39 is 39.7 Å². The molecule has 11 aromatic carbocycles. The Kier molecular flexibility index (Phi) is 67.3. The van der Waals surface area contributed by atoms with E-state index in [1.165, 1.54) is 37.0 Å². The van der Waals surface area contributed by atoms with Gasteiger partial charge in [0.2, 0.25) is 9.05 Å². The molecule has 4 N–H and O–H groups in total. The van der Waals surface area contributed by atoms with Crippen LogP contribution in [0.4, 0.5) is 22.7 Å². The summed E-state index contributed by atoms with van der Waals surface area (Å²) in [5.74, 6) is 1.27. The molecule has 3 heterocycles. The number of carbonyl (C=O) groups excluding carboxylic acids is 1. The van der Waals surface area contributed by atoms with E-state index in [1.54, 1.807) is 12.1 Å². The molecule has 0 bridgehead atoms.